The van der Waals surface area contributed by atoms with Gasteiger partial charge >= 0.3 is 0 Å². The van der Waals surface area contributed by atoms with Crippen molar-refractivity contribution in [2.45, 2.75) is 56.6 Å². The summed E-state index contributed by atoms with van der Waals surface area (Å²) >= 11 is 1.47. The maximum atomic E-state index is 14.0. The molecule has 0 radical (unpaired) electrons. The second-order valence-corrected chi connectivity index (χ2v) is 12.0. The number of carbonyl (C=O) groups is 1. The Bertz CT molecular complexity index is 1300. The molecule has 1 amide bonds. The molecular formula is C25H29N3O4S2. The van der Waals surface area contributed by atoms with Crippen molar-refractivity contribution in [3.8, 4) is 0 Å². The van der Waals surface area contributed by atoms with Crippen molar-refractivity contribution < 1.29 is 17.9 Å². The van der Waals surface area contributed by atoms with Gasteiger partial charge in [0.1, 0.15) is 6.04 Å². The number of sulfonamides is 1. The van der Waals surface area contributed by atoms with Gasteiger partial charge in [-0.05, 0) is 69.4 Å². The number of thiazole rings is 1. The van der Waals surface area contributed by atoms with Crippen LogP contribution in [0.4, 0.5) is 5.13 Å². The Balaban J connectivity index is 1.48. The topological polar surface area (TPSA) is 79.8 Å². The highest BCUT2D eigenvalue weighted by atomic mass is 32.2. The van der Waals surface area contributed by atoms with E-state index in [-0.39, 0.29) is 16.9 Å². The van der Waals surface area contributed by atoms with Gasteiger partial charge in [-0.15, -0.1) is 0 Å². The molecule has 1 aromatic heterocycles. The Hall–Kier alpha value is -2.33. The zero-order valence-electron chi connectivity index (χ0n) is 19.4. The Morgan fingerprint density at radius 2 is 1.88 bits per heavy atom. The number of anilines is 1. The van der Waals surface area contributed by atoms with Gasteiger partial charge in [0.2, 0.25) is 15.9 Å². The van der Waals surface area contributed by atoms with Crippen LogP contribution in [0.1, 0.15) is 36.8 Å². The van der Waals surface area contributed by atoms with Crippen LogP contribution in [0.5, 0.6) is 0 Å². The maximum Gasteiger partial charge on any atom is 0.247 e. The molecule has 5 rings (SSSR count). The molecule has 0 aliphatic carbocycles. The summed E-state index contributed by atoms with van der Waals surface area (Å²) in [5.41, 5.74) is 2.96. The van der Waals surface area contributed by atoms with Crippen LogP contribution < -0.4 is 4.90 Å². The van der Waals surface area contributed by atoms with Crippen LogP contribution in [0, 0.1) is 13.8 Å². The summed E-state index contributed by atoms with van der Waals surface area (Å²) in [6.07, 6.45) is 2.92. The first-order valence-corrected chi connectivity index (χ1v) is 14.0. The lowest BCUT2D eigenvalue weighted by Crippen LogP contribution is -2.49. The van der Waals surface area contributed by atoms with Gasteiger partial charge in [0.25, 0.3) is 0 Å². The van der Waals surface area contributed by atoms with E-state index in [0.29, 0.717) is 37.7 Å². The zero-order chi connectivity index (χ0) is 23.9. The van der Waals surface area contributed by atoms with Crippen LogP contribution in [-0.4, -0.2) is 55.5 Å². The fraction of sp³-hybridized carbons (Fsp3) is 0.440. The van der Waals surface area contributed by atoms with Gasteiger partial charge in [0, 0.05) is 13.2 Å². The quantitative estimate of drug-likeness (QED) is 0.506. The van der Waals surface area contributed by atoms with Crippen molar-refractivity contribution in [2.24, 2.45) is 0 Å². The summed E-state index contributed by atoms with van der Waals surface area (Å²) in [5, 5.41) is 0.598. The zero-order valence-corrected chi connectivity index (χ0v) is 21.1. The molecule has 0 bridgehead atoms. The molecule has 2 atom stereocenters. The average Bonchev–Trinajstić information content (AvgIpc) is 3.57. The van der Waals surface area contributed by atoms with E-state index in [0.717, 1.165) is 34.2 Å². The highest BCUT2D eigenvalue weighted by Gasteiger charge is 2.42. The van der Waals surface area contributed by atoms with Crippen LogP contribution >= 0.6 is 11.3 Å². The molecule has 180 valence electrons. The minimum Gasteiger partial charge on any atom is -0.376 e. The molecule has 3 heterocycles. The van der Waals surface area contributed by atoms with Crippen LogP contribution in [0.3, 0.4) is 0 Å². The second kappa shape index (κ2) is 9.37. The lowest BCUT2D eigenvalue weighted by molar-refractivity contribution is -0.122. The number of rotatable bonds is 6. The lowest BCUT2D eigenvalue weighted by atomic mass is 10.2. The third-order valence-corrected chi connectivity index (χ3v) is 9.52. The van der Waals surface area contributed by atoms with Crippen LogP contribution in [0.25, 0.3) is 10.2 Å². The van der Waals surface area contributed by atoms with E-state index in [1.165, 1.54) is 15.6 Å². The van der Waals surface area contributed by atoms with Gasteiger partial charge in [-0.3, -0.25) is 9.69 Å². The number of carbonyl (C=O) groups excluding carboxylic acids is 1. The summed E-state index contributed by atoms with van der Waals surface area (Å²) in [7, 11) is -3.79. The molecular weight excluding hydrogens is 470 g/mol. The highest BCUT2D eigenvalue weighted by Crippen LogP contribution is 2.34. The number of fused-ring (bicyclic) bond motifs is 1. The number of hydrogen-bond donors (Lipinski definition) is 0. The average molecular weight is 500 g/mol. The molecule has 2 fully saturated rings. The van der Waals surface area contributed by atoms with E-state index >= 15 is 0 Å². The van der Waals surface area contributed by atoms with Crippen molar-refractivity contribution >= 4 is 42.6 Å². The van der Waals surface area contributed by atoms with E-state index < -0.39 is 16.1 Å². The van der Waals surface area contributed by atoms with Crippen molar-refractivity contribution in [1.29, 1.82) is 0 Å². The van der Waals surface area contributed by atoms with Gasteiger partial charge in [-0.1, -0.05) is 35.1 Å². The number of aryl methyl sites for hydroxylation is 2. The predicted octanol–water partition coefficient (Wildman–Crippen LogP) is 4.28. The SMILES string of the molecule is Cc1ccc(S(=O)(=O)N2CCC[C@H]2C(=O)N(C[C@@H]2CCCO2)c2nc3ccc(C)cc3s2)cc1. The van der Waals surface area contributed by atoms with Gasteiger partial charge in [0.05, 0.1) is 27.8 Å². The summed E-state index contributed by atoms with van der Waals surface area (Å²) in [6.45, 7) is 5.34. The molecule has 7 nitrogen and oxygen atoms in total. The highest BCUT2D eigenvalue weighted by molar-refractivity contribution is 7.89. The largest absolute Gasteiger partial charge is 0.376 e. The molecule has 2 aliphatic heterocycles. The predicted molar refractivity (Wildman–Crippen MR) is 134 cm³/mol. The van der Waals surface area contributed by atoms with Crippen molar-refractivity contribution in [1.82, 2.24) is 9.29 Å². The first-order chi connectivity index (χ1) is 16.3. The molecule has 0 N–H and O–H groups in total. The molecule has 2 saturated heterocycles. The molecule has 2 aliphatic rings. The monoisotopic (exact) mass is 499 g/mol. The van der Waals surface area contributed by atoms with Crippen molar-refractivity contribution in [3.63, 3.8) is 0 Å². The van der Waals surface area contributed by atoms with Crippen LogP contribution in [0.15, 0.2) is 47.4 Å². The number of ether oxygens (including phenoxy) is 1. The van der Waals surface area contributed by atoms with E-state index in [4.69, 9.17) is 9.72 Å². The normalized spacial score (nSPS) is 21.4. The van der Waals surface area contributed by atoms with Crippen molar-refractivity contribution in [3.05, 3.63) is 53.6 Å². The van der Waals surface area contributed by atoms with Crippen LogP contribution in [0.2, 0.25) is 0 Å². The summed E-state index contributed by atoms with van der Waals surface area (Å²) in [6, 6.07) is 12.1. The molecule has 0 spiro atoms. The number of nitrogens with zero attached hydrogens (tertiary/aromatic N) is 3. The van der Waals surface area contributed by atoms with E-state index in [1.807, 2.05) is 26.0 Å². The standard InChI is InChI=1S/C25H29N3O4S2/c1-17-7-10-20(11-8-17)34(30,31)28-13-3-6-22(28)24(29)27(16-19-5-4-14-32-19)25-26-21-12-9-18(2)15-23(21)33-25/h7-12,15,19,22H,3-6,13-14,16H2,1-2H3/t19-,22-/m0/s1. The molecule has 0 saturated carbocycles. The summed E-state index contributed by atoms with van der Waals surface area (Å²) < 4.78 is 35.1. The van der Waals surface area contributed by atoms with Crippen LogP contribution in [-0.2, 0) is 19.6 Å². The van der Waals surface area contributed by atoms with E-state index in [9.17, 15) is 13.2 Å². The first-order valence-electron chi connectivity index (χ1n) is 11.7. The minimum absolute atomic E-state index is 0.0683. The summed E-state index contributed by atoms with van der Waals surface area (Å²) in [4.78, 5) is 20.6. The Labute approximate surface area is 204 Å². The third kappa shape index (κ3) is 4.49. The van der Waals surface area contributed by atoms with Gasteiger partial charge in [-0.25, -0.2) is 13.4 Å². The number of benzene rings is 2. The Morgan fingerprint density at radius 3 is 2.62 bits per heavy atom. The fourth-order valence-electron chi connectivity index (χ4n) is 4.69. The Morgan fingerprint density at radius 1 is 1.12 bits per heavy atom. The number of amides is 1. The minimum atomic E-state index is -3.79. The fourth-order valence-corrected chi connectivity index (χ4v) is 7.42. The third-order valence-electron chi connectivity index (χ3n) is 6.56. The molecule has 3 aromatic rings. The van der Waals surface area contributed by atoms with Crippen molar-refractivity contribution in [2.75, 3.05) is 24.6 Å². The smallest absolute Gasteiger partial charge is 0.247 e. The molecule has 9 heteroatoms. The molecule has 0 unspecified atom stereocenters. The number of aromatic nitrogens is 1. The van der Waals surface area contributed by atoms with Gasteiger partial charge < -0.3 is 4.74 Å². The van der Waals surface area contributed by atoms with Gasteiger partial charge in [0.15, 0.2) is 5.13 Å². The molecule has 2 aromatic carbocycles. The first kappa shape index (κ1) is 23.4. The molecule has 34 heavy (non-hydrogen) atoms. The lowest BCUT2D eigenvalue weighted by Gasteiger charge is -2.29. The maximum absolute atomic E-state index is 14.0. The Kier molecular flexibility index (Phi) is 6.45. The van der Waals surface area contributed by atoms with Gasteiger partial charge in [-0.2, -0.15) is 4.31 Å². The van der Waals surface area contributed by atoms with E-state index in [1.54, 1.807) is 29.2 Å². The second-order valence-electron chi connectivity index (χ2n) is 9.14. The number of hydrogen-bond acceptors (Lipinski definition) is 6. The summed E-state index contributed by atoms with van der Waals surface area (Å²) in [5.74, 6) is -0.223. The van der Waals surface area contributed by atoms with E-state index in [2.05, 4.69) is 6.07 Å².